The zero-order valence-electron chi connectivity index (χ0n) is 17.8. The van der Waals surface area contributed by atoms with E-state index in [0.29, 0.717) is 13.1 Å². The first-order chi connectivity index (χ1) is 15.7. The summed E-state index contributed by atoms with van der Waals surface area (Å²) >= 11 is 1.47. The fraction of sp³-hybridized carbons (Fsp3) is 0.333. The minimum absolute atomic E-state index is 0.0285. The number of ether oxygens (including phenoxy) is 1. The van der Waals surface area contributed by atoms with E-state index in [9.17, 15) is 9.90 Å². The molecule has 7 nitrogen and oxygen atoms in total. The number of aromatic nitrogens is 2. The minimum Gasteiger partial charge on any atom is -0.490 e. The first-order valence-corrected chi connectivity index (χ1v) is 11.7. The summed E-state index contributed by atoms with van der Waals surface area (Å²) in [4.78, 5) is 22.1. The molecule has 0 bridgehead atoms. The molecule has 3 heterocycles. The van der Waals surface area contributed by atoms with Crippen molar-refractivity contribution in [1.29, 1.82) is 0 Å². The highest BCUT2D eigenvalue weighted by atomic mass is 32.1. The van der Waals surface area contributed by atoms with Gasteiger partial charge in [-0.1, -0.05) is 36.4 Å². The van der Waals surface area contributed by atoms with Crippen LogP contribution in [0.1, 0.15) is 5.69 Å². The van der Waals surface area contributed by atoms with E-state index in [1.807, 2.05) is 35.7 Å². The van der Waals surface area contributed by atoms with E-state index in [0.717, 1.165) is 53.4 Å². The average Bonchev–Trinajstić information content (AvgIpc) is 3.28. The zero-order chi connectivity index (χ0) is 21.9. The summed E-state index contributed by atoms with van der Waals surface area (Å²) in [5, 5.41) is 14.6. The molecule has 1 N–H and O–H groups in total. The molecule has 166 valence electrons. The molecule has 5 rings (SSSR count). The molecule has 0 amide bonds. The van der Waals surface area contributed by atoms with E-state index in [1.165, 1.54) is 11.3 Å². The predicted octanol–water partition coefficient (Wildman–Crippen LogP) is 2.47. The van der Waals surface area contributed by atoms with Crippen molar-refractivity contribution in [3.05, 3.63) is 76.2 Å². The lowest BCUT2D eigenvalue weighted by molar-refractivity contribution is 0.0447. The molecule has 1 atom stereocenters. The van der Waals surface area contributed by atoms with E-state index >= 15 is 0 Å². The molecule has 2 aromatic heterocycles. The maximum Gasteiger partial charge on any atom is 0.258 e. The van der Waals surface area contributed by atoms with Gasteiger partial charge in [-0.2, -0.15) is 0 Å². The molecule has 4 aromatic rings. The van der Waals surface area contributed by atoms with Gasteiger partial charge in [0.1, 0.15) is 18.5 Å². The van der Waals surface area contributed by atoms with Crippen LogP contribution in [0.4, 0.5) is 0 Å². The summed E-state index contributed by atoms with van der Waals surface area (Å²) < 4.78 is 7.51. The van der Waals surface area contributed by atoms with Crippen LogP contribution in [0.25, 0.3) is 15.7 Å². The highest BCUT2D eigenvalue weighted by Crippen LogP contribution is 2.25. The van der Waals surface area contributed by atoms with Gasteiger partial charge in [0.05, 0.1) is 5.69 Å². The van der Waals surface area contributed by atoms with E-state index in [4.69, 9.17) is 4.74 Å². The fourth-order valence-electron chi connectivity index (χ4n) is 4.19. The third-order valence-corrected chi connectivity index (χ3v) is 6.61. The molecule has 0 spiro atoms. The lowest BCUT2D eigenvalue weighted by atomic mass is 10.1. The maximum absolute atomic E-state index is 12.2. The largest absolute Gasteiger partial charge is 0.490 e. The zero-order valence-corrected chi connectivity index (χ0v) is 18.6. The molecule has 0 radical (unpaired) electrons. The molecule has 1 aliphatic rings. The topological polar surface area (TPSA) is 70.3 Å². The lowest BCUT2D eigenvalue weighted by Crippen LogP contribution is -2.49. The Labute approximate surface area is 190 Å². The fourth-order valence-corrected chi connectivity index (χ4v) is 4.92. The van der Waals surface area contributed by atoms with E-state index in [2.05, 4.69) is 26.9 Å². The summed E-state index contributed by atoms with van der Waals surface area (Å²) in [7, 11) is 0. The summed E-state index contributed by atoms with van der Waals surface area (Å²) in [5.41, 5.74) is 0.786. The molecular weight excluding hydrogens is 424 g/mol. The molecule has 8 heteroatoms. The number of fused-ring (bicyclic) bond motifs is 2. The number of rotatable bonds is 7. The Bertz CT molecular complexity index is 1260. The Morgan fingerprint density at radius 2 is 1.84 bits per heavy atom. The van der Waals surface area contributed by atoms with E-state index in [1.54, 1.807) is 16.7 Å². The van der Waals surface area contributed by atoms with Crippen LogP contribution in [0.15, 0.2) is 64.9 Å². The molecule has 1 saturated heterocycles. The van der Waals surface area contributed by atoms with Crippen molar-refractivity contribution >= 4 is 27.1 Å². The second-order valence-corrected chi connectivity index (χ2v) is 9.03. The van der Waals surface area contributed by atoms with Crippen LogP contribution in [0.3, 0.4) is 0 Å². The van der Waals surface area contributed by atoms with Crippen LogP contribution in [-0.4, -0.2) is 69.7 Å². The highest BCUT2D eigenvalue weighted by molar-refractivity contribution is 7.15. The average molecular weight is 451 g/mol. The van der Waals surface area contributed by atoms with Crippen LogP contribution in [0.2, 0.25) is 0 Å². The molecule has 0 aliphatic carbocycles. The van der Waals surface area contributed by atoms with Crippen molar-refractivity contribution in [2.45, 2.75) is 12.6 Å². The van der Waals surface area contributed by atoms with Crippen LogP contribution in [0.5, 0.6) is 5.75 Å². The van der Waals surface area contributed by atoms with Gasteiger partial charge in [0, 0.05) is 62.3 Å². The SMILES string of the molecule is O=c1cc(CN2CCN(CC(O)COc3cccc4ccccc34)CC2)nc2sccn12. The number of β-amino-alcohol motifs (C(OH)–C–C–N with tert-alkyl or cyclic N) is 1. The van der Waals surface area contributed by atoms with Crippen molar-refractivity contribution in [1.82, 2.24) is 19.2 Å². The van der Waals surface area contributed by atoms with Gasteiger partial charge in [-0.15, -0.1) is 11.3 Å². The number of nitrogens with zero attached hydrogens (tertiary/aromatic N) is 4. The Kier molecular flexibility index (Phi) is 6.18. The maximum atomic E-state index is 12.2. The Hall–Kier alpha value is -2.78. The summed E-state index contributed by atoms with van der Waals surface area (Å²) in [6.07, 6.45) is 1.20. The van der Waals surface area contributed by atoms with Gasteiger partial charge in [-0.05, 0) is 11.5 Å². The number of benzene rings is 2. The standard InChI is InChI=1S/C24H26N4O3S/c29-20(17-31-22-7-3-5-18-4-1-2-6-21(18)22)16-27-10-8-26(9-11-27)15-19-14-23(30)28-12-13-32-24(28)25-19/h1-7,12-14,20,29H,8-11,15-17H2. The normalized spacial score (nSPS) is 16.5. The molecule has 32 heavy (non-hydrogen) atoms. The van der Waals surface area contributed by atoms with E-state index in [-0.39, 0.29) is 12.2 Å². The van der Waals surface area contributed by atoms with Gasteiger partial charge in [-0.25, -0.2) is 4.98 Å². The number of aliphatic hydroxyl groups is 1. The van der Waals surface area contributed by atoms with Crippen molar-refractivity contribution in [2.24, 2.45) is 0 Å². The van der Waals surface area contributed by atoms with Crippen molar-refractivity contribution in [3.8, 4) is 5.75 Å². The monoisotopic (exact) mass is 450 g/mol. The first-order valence-electron chi connectivity index (χ1n) is 10.8. The first kappa shape index (κ1) is 21.1. The quantitative estimate of drug-likeness (QED) is 0.467. The molecule has 1 unspecified atom stereocenters. The van der Waals surface area contributed by atoms with Crippen molar-refractivity contribution in [3.63, 3.8) is 0 Å². The Balaban J connectivity index is 1.11. The molecular formula is C24H26N4O3S. The Morgan fingerprint density at radius 3 is 2.72 bits per heavy atom. The molecule has 1 aliphatic heterocycles. The summed E-state index contributed by atoms with van der Waals surface area (Å²) in [6.45, 7) is 5.01. The molecule has 1 fully saturated rings. The van der Waals surface area contributed by atoms with Crippen LogP contribution >= 0.6 is 11.3 Å². The van der Waals surface area contributed by atoms with Gasteiger partial charge in [-0.3, -0.25) is 19.0 Å². The Morgan fingerprint density at radius 1 is 1.06 bits per heavy atom. The highest BCUT2D eigenvalue weighted by Gasteiger charge is 2.20. The van der Waals surface area contributed by atoms with Gasteiger partial charge in [0.15, 0.2) is 4.96 Å². The second kappa shape index (κ2) is 9.38. The summed E-state index contributed by atoms with van der Waals surface area (Å²) in [6, 6.07) is 15.7. The third kappa shape index (κ3) is 4.68. The van der Waals surface area contributed by atoms with E-state index < -0.39 is 6.10 Å². The summed E-state index contributed by atoms with van der Waals surface area (Å²) in [5.74, 6) is 0.804. The molecule has 2 aromatic carbocycles. The van der Waals surface area contributed by atoms with Crippen molar-refractivity contribution in [2.75, 3.05) is 39.3 Å². The van der Waals surface area contributed by atoms with Gasteiger partial charge < -0.3 is 9.84 Å². The number of thiazole rings is 1. The minimum atomic E-state index is -0.552. The molecule has 0 saturated carbocycles. The second-order valence-electron chi connectivity index (χ2n) is 8.16. The van der Waals surface area contributed by atoms with Crippen LogP contribution in [-0.2, 0) is 6.54 Å². The number of hydrogen-bond acceptors (Lipinski definition) is 7. The number of aliphatic hydroxyl groups excluding tert-OH is 1. The van der Waals surface area contributed by atoms with Crippen LogP contribution < -0.4 is 10.3 Å². The lowest BCUT2D eigenvalue weighted by Gasteiger charge is -2.35. The smallest absolute Gasteiger partial charge is 0.258 e. The van der Waals surface area contributed by atoms with Gasteiger partial charge in [0.25, 0.3) is 5.56 Å². The predicted molar refractivity (Wildman–Crippen MR) is 127 cm³/mol. The van der Waals surface area contributed by atoms with Gasteiger partial charge >= 0.3 is 0 Å². The van der Waals surface area contributed by atoms with Gasteiger partial charge in [0.2, 0.25) is 0 Å². The van der Waals surface area contributed by atoms with Crippen molar-refractivity contribution < 1.29 is 9.84 Å². The number of hydrogen-bond donors (Lipinski definition) is 1. The van der Waals surface area contributed by atoms with Crippen LogP contribution in [0, 0.1) is 0 Å². The number of piperazine rings is 1. The third-order valence-electron chi connectivity index (χ3n) is 5.86.